The molecular formula is C12H2F9. The lowest BCUT2D eigenvalue weighted by Gasteiger charge is -2.29. The fourth-order valence-corrected chi connectivity index (χ4v) is 1.77. The van der Waals surface area contributed by atoms with E-state index in [-0.39, 0.29) is 6.08 Å². The molecule has 0 bridgehead atoms. The van der Waals surface area contributed by atoms with Crippen molar-refractivity contribution in [2.24, 2.45) is 0 Å². The Kier molecular flexibility index (Phi) is 3.54. The highest BCUT2D eigenvalue weighted by Crippen LogP contribution is 2.47. The Hall–Kier alpha value is -1.93. The highest BCUT2D eigenvalue weighted by molar-refractivity contribution is 5.41. The summed E-state index contributed by atoms with van der Waals surface area (Å²) in [5.41, 5.74) is -7.01. The maximum atomic E-state index is 14.3. The molecule has 0 aliphatic heterocycles. The van der Waals surface area contributed by atoms with Gasteiger partial charge in [0.05, 0.1) is 5.56 Å². The van der Waals surface area contributed by atoms with Crippen LogP contribution in [-0.2, 0) is 5.67 Å². The van der Waals surface area contributed by atoms with E-state index >= 15 is 0 Å². The van der Waals surface area contributed by atoms with Gasteiger partial charge in [0.2, 0.25) is 11.5 Å². The van der Waals surface area contributed by atoms with Crippen molar-refractivity contribution < 1.29 is 39.5 Å². The molecule has 1 aromatic rings. The van der Waals surface area contributed by atoms with E-state index in [0.29, 0.717) is 0 Å². The third-order valence-electron chi connectivity index (χ3n) is 2.81. The third kappa shape index (κ3) is 1.94. The minimum atomic E-state index is -4.55. The maximum absolute atomic E-state index is 14.3. The van der Waals surface area contributed by atoms with Gasteiger partial charge in [0.15, 0.2) is 41.1 Å². The van der Waals surface area contributed by atoms with Gasteiger partial charge >= 0.3 is 0 Å². The zero-order valence-corrected chi connectivity index (χ0v) is 9.56. The lowest BCUT2D eigenvalue weighted by molar-refractivity contribution is 0.0660. The van der Waals surface area contributed by atoms with Crippen LogP contribution in [0.1, 0.15) is 5.56 Å². The molecule has 1 aromatic carbocycles. The Labute approximate surface area is 111 Å². The SMILES string of the molecule is FC1=C(F)C(F)(c2c(F)c(F)c(F)c(F)c2F)C(F)[C]=C1. The van der Waals surface area contributed by atoms with Crippen LogP contribution in [0.4, 0.5) is 39.5 Å². The first-order valence-corrected chi connectivity index (χ1v) is 5.13. The van der Waals surface area contributed by atoms with Crippen molar-refractivity contribution >= 4 is 0 Å². The zero-order chi connectivity index (χ0) is 16.1. The van der Waals surface area contributed by atoms with Gasteiger partial charge in [-0.05, 0) is 12.2 Å². The fraction of sp³-hybridized carbons (Fsp3) is 0.167. The van der Waals surface area contributed by atoms with E-state index in [1.54, 1.807) is 0 Å². The molecule has 0 fully saturated rings. The van der Waals surface area contributed by atoms with Gasteiger partial charge in [-0.2, -0.15) is 0 Å². The molecule has 0 spiro atoms. The summed E-state index contributed by atoms with van der Waals surface area (Å²) in [6.07, 6.45) is -2.06. The smallest absolute Gasteiger partial charge is 0.230 e. The van der Waals surface area contributed by atoms with Gasteiger partial charge in [0.1, 0.15) is 0 Å². The first-order valence-electron chi connectivity index (χ1n) is 5.13. The lowest BCUT2D eigenvalue weighted by Crippen LogP contribution is -2.37. The quantitative estimate of drug-likeness (QED) is 0.409. The summed E-state index contributed by atoms with van der Waals surface area (Å²) in [5.74, 6) is -18.2. The molecule has 2 atom stereocenters. The first kappa shape index (κ1) is 15.5. The van der Waals surface area contributed by atoms with Crippen LogP contribution in [-0.4, -0.2) is 6.17 Å². The van der Waals surface area contributed by atoms with Gasteiger partial charge in [0, 0.05) is 0 Å². The molecule has 0 saturated heterocycles. The average molecular weight is 317 g/mol. The summed E-state index contributed by atoms with van der Waals surface area (Å²) in [6, 6.07) is 0. The minimum absolute atomic E-state index is 0.00385. The van der Waals surface area contributed by atoms with Gasteiger partial charge in [-0.3, -0.25) is 0 Å². The van der Waals surface area contributed by atoms with Crippen molar-refractivity contribution in [1.29, 1.82) is 0 Å². The third-order valence-corrected chi connectivity index (χ3v) is 2.81. The zero-order valence-electron chi connectivity index (χ0n) is 9.56. The second kappa shape index (κ2) is 4.81. The molecule has 2 unspecified atom stereocenters. The largest absolute Gasteiger partial charge is 0.238 e. The second-order valence-corrected chi connectivity index (χ2v) is 3.99. The van der Waals surface area contributed by atoms with Crippen LogP contribution in [0, 0.1) is 35.2 Å². The van der Waals surface area contributed by atoms with E-state index in [0.717, 1.165) is 0 Å². The molecule has 0 N–H and O–H groups in total. The standard InChI is InChI=1S/C12H2F9/c13-3-1-2-4(14)12(21,11(3)20)5-6(15)8(17)10(19)9(18)7(5)16/h1,4H. The normalized spacial score (nSPS) is 25.7. The monoisotopic (exact) mass is 317 g/mol. The highest BCUT2D eigenvalue weighted by Gasteiger charge is 2.54. The molecule has 21 heavy (non-hydrogen) atoms. The number of allylic oxidation sites excluding steroid dienone is 4. The van der Waals surface area contributed by atoms with Gasteiger partial charge in [-0.1, -0.05) is 0 Å². The van der Waals surface area contributed by atoms with Gasteiger partial charge in [-0.15, -0.1) is 0 Å². The van der Waals surface area contributed by atoms with Crippen molar-refractivity contribution in [3.8, 4) is 0 Å². The molecule has 1 radical (unpaired) electrons. The van der Waals surface area contributed by atoms with Crippen molar-refractivity contribution in [2.75, 3.05) is 0 Å². The Morgan fingerprint density at radius 2 is 1.24 bits per heavy atom. The minimum Gasteiger partial charge on any atom is -0.238 e. The fourth-order valence-electron chi connectivity index (χ4n) is 1.77. The molecule has 1 aliphatic carbocycles. The number of alkyl halides is 2. The molecule has 1 aliphatic rings. The summed E-state index contributed by atoms with van der Waals surface area (Å²) in [6.45, 7) is 0. The Morgan fingerprint density at radius 1 is 0.810 bits per heavy atom. The molecule has 113 valence electrons. The molecule has 0 nitrogen and oxygen atoms in total. The van der Waals surface area contributed by atoms with E-state index in [1.165, 1.54) is 6.08 Å². The molecule has 0 amide bonds. The van der Waals surface area contributed by atoms with Gasteiger partial charge in [0.25, 0.3) is 0 Å². The van der Waals surface area contributed by atoms with Crippen LogP contribution in [0.25, 0.3) is 0 Å². The van der Waals surface area contributed by atoms with E-state index < -0.39 is 58.1 Å². The molecular weight excluding hydrogens is 315 g/mol. The highest BCUT2D eigenvalue weighted by atomic mass is 19.2. The van der Waals surface area contributed by atoms with Crippen LogP contribution in [0.3, 0.4) is 0 Å². The first-order chi connectivity index (χ1) is 9.63. The number of halogens is 9. The topological polar surface area (TPSA) is 0 Å². The van der Waals surface area contributed by atoms with E-state index in [2.05, 4.69) is 0 Å². The predicted octanol–water partition coefficient (Wildman–Crippen LogP) is 4.41. The summed E-state index contributed by atoms with van der Waals surface area (Å²) in [4.78, 5) is 0. The second-order valence-electron chi connectivity index (χ2n) is 3.99. The number of benzene rings is 1. The van der Waals surface area contributed by atoms with Crippen LogP contribution in [0.15, 0.2) is 17.7 Å². The predicted molar refractivity (Wildman–Crippen MR) is 51.0 cm³/mol. The Morgan fingerprint density at radius 3 is 1.71 bits per heavy atom. The van der Waals surface area contributed by atoms with E-state index in [1.807, 2.05) is 0 Å². The van der Waals surface area contributed by atoms with E-state index in [4.69, 9.17) is 0 Å². The number of rotatable bonds is 1. The molecule has 2 rings (SSSR count). The molecule has 0 saturated carbocycles. The van der Waals surface area contributed by atoms with Crippen molar-refractivity contribution in [3.63, 3.8) is 0 Å². The molecule has 0 heterocycles. The van der Waals surface area contributed by atoms with E-state index in [9.17, 15) is 39.5 Å². The summed E-state index contributed by atoms with van der Waals surface area (Å²) < 4.78 is 120. The molecule has 0 aromatic heterocycles. The summed E-state index contributed by atoms with van der Waals surface area (Å²) in [7, 11) is 0. The molecule has 9 heteroatoms. The van der Waals surface area contributed by atoms with Crippen molar-refractivity contribution in [3.05, 3.63) is 58.5 Å². The van der Waals surface area contributed by atoms with Crippen LogP contribution >= 0.6 is 0 Å². The maximum Gasteiger partial charge on any atom is 0.230 e. The Balaban J connectivity index is 2.87. The van der Waals surface area contributed by atoms with Crippen LogP contribution in [0.2, 0.25) is 0 Å². The van der Waals surface area contributed by atoms with Crippen molar-refractivity contribution in [1.82, 2.24) is 0 Å². The van der Waals surface area contributed by atoms with Gasteiger partial charge in [-0.25, -0.2) is 39.5 Å². The van der Waals surface area contributed by atoms with Crippen LogP contribution < -0.4 is 0 Å². The van der Waals surface area contributed by atoms with Crippen LogP contribution in [0.5, 0.6) is 0 Å². The van der Waals surface area contributed by atoms with Crippen molar-refractivity contribution in [2.45, 2.75) is 11.8 Å². The van der Waals surface area contributed by atoms with Gasteiger partial charge < -0.3 is 0 Å². The number of hydrogen-bond donors (Lipinski definition) is 0. The number of hydrogen-bond acceptors (Lipinski definition) is 0. The Bertz CT molecular complexity index is 647. The summed E-state index contributed by atoms with van der Waals surface area (Å²) >= 11 is 0. The average Bonchev–Trinajstić information content (AvgIpc) is 2.45. The lowest BCUT2D eigenvalue weighted by atomic mass is 9.85. The summed E-state index contributed by atoms with van der Waals surface area (Å²) in [5, 5.41) is 0.